The second-order valence-corrected chi connectivity index (χ2v) is 5.34. The zero-order valence-corrected chi connectivity index (χ0v) is 12.5. The van der Waals surface area contributed by atoms with E-state index in [1.54, 1.807) is 47.5 Å². The van der Waals surface area contributed by atoms with Crippen LogP contribution in [0.25, 0.3) is 0 Å². The number of anilines is 1. The SMILES string of the molecule is Cc1ccc(C(=O)O)cc1N1CC(C(=O)c2ccccc2)N=N1. The summed E-state index contributed by atoms with van der Waals surface area (Å²) in [5.41, 5.74) is 2.30. The van der Waals surface area contributed by atoms with Crippen LogP contribution >= 0.6 is 0 Å². The van der Waals surface area contributed by atoms with Crippen molar-refractivity contribution in [3.05, 3.63) is 65.2 Å². The fraction of sp³-hybridized carbons (Fsp3) is 0.176. The molecule has 0 fully saturated rings. The average Bonchev–Trinajstić information content (AvgIpc) is 3.05. The van der Waals surface area contributed by atoms with E-state index in [1.807, 2.05) is 13.0 Å². The van der Waals surface area contributed by atoms with E-state index in [1.165, 1.54) is 0 Å². The van der Waals surface area contributed by atoms with Crippen molar-refractivity contribution in [2.75, 3.05) is 11.6 Å². The van der Waals surface area contributed by atoms with Gasteiger partial charge in [-0.3, -0.25) is 4.79 Å². The standard InChI is InChI=1S/C17H15N3O3/c1-11-7-8-13(17(22)23)9-15(11)20-10-14(18-19-20)16(21)12-5-3-2-4-6-12/h2-9,14H,10H2,1H3,(H,22,23). The van der Waals surface area contributed by atoms with E-state index in [9.17, 15) is 9.59 Å². The number of hydrogen-bond acceptors (Lipinski definition) is 5. The van der Waals surface area contributed by atoms with Gasteiger partial charge in [-0.15, -0.1) is 0 Å². The second-order valence-electron chi connectivity index (χ2n) is 5.34. The molecule has 0 bridgehead atoms. The number of carbonyl (C=O) groups excluding carboxylic acids is 1. The number of rotatable bonds is 4. The Morgan fingerprint density at radius 1 is 1.13 bits per heavy atom. The average molecular weight is 309 g/mol. The van der Waals surface area contributed by atoms with E-state index in [2.05, 4.69) is 10.3 Å². The monoisotopic (exact) mass is 309 g/mol. The molecule has 3 rings (SSSR count). The third-order valence-electron chi connectivity index (χ3n) is 3.74. The highest BCUT2D eigenvalue weighted by molar-refractivity contribution is 6.00. The molecule has 1 unspecified atom stereocenters. The van der Waals surface area contributed by atoms with Gasteiger partial charge in [-0.05, 0) is 24.6 Å². The number of aryl methyl sites for hydroxylation is 1. The fourth-order valence-corrected chi connectivity index (χ4v) is 2.46. The topological polar surface area (TPSA) is 82.3 Å². The van der Waals surface area contributed by atoms with Crippen molar-refractivity contribution in [2.24, 2.45) is 10.3 Å². The molecule has 116 valence electrons. The molecule has 0 aromatic heterocycles. The number of Topliss-reactive ketones (excluding diaryl/α,β-unsaturated/α-hetero) is 1. The summed E-state index contributed by atoms with van der Waals surface area (Å²) in [6.45, 7) is 2.17. The number of carboxylic acid groups (broad SMARTS) is 1. The predicted molar refractivity (Wildman–Crippen MR) is 84.9 cm³/mol. The molecule has 6 heteroatoms. The first kappa shape index (κ1) is 14.9. The summed E-state index contributed by atoms with van der Waals surface area (Å²) >= 11 is 0. The van der Waals surface area contributed by atoms with Gasteiger partial charge in [0, 0.05) is 5.56 Å². The van der Waals surface area contributed by atoms with Crippen LogP contribution in [0.3, 0.4) is 0 Å². The molecule has 2 aromatic rings. The van der Waals surface area contributed by atoms with Gasteiger partial charge in [-0.2, -0.15) is 5.11 Å². The maximum absolute atomic E-state index is 12.4. The van der Waals surface area contributed by atoms with Gasteiger partial charge < -0.3 is 5.11 Å². The van der Waals surface area contributed by atoms with Crippen molar-refractivity contribution in [2.45, 2.75) is 13.0 Å². The molecular formula is C17H15N3O3. The van der Waals surface area contributed by atoms with Crippen LogP contribution in [0.5, 0.6) is 0 Å². The number of carboxylic acids is 1. The maximum Gasteiger partial charge on any atom is 0.335 e. The van der Waals surface area contributed by atoms with Crippen molar-refractivity contribution < 1.29 is 14.7 Å². The van der Waals surface area contributed by atoms with Gasteiger partial charge in [0.25, 0.3) is 0 Å². The molecule has 6 nitrogen and oxygen atoms in total. The Morgan fingerprint density at radius 3 is 2.57 bits per heavy atom. The van der Waals surface area contributed by atoms with Gasteiger partial charge in [-0.25, -0.2) is 9.80 Å². The molecule has 1 N–H and O–H groups in total. The van der Waals surface area contributed by atoms with Crippen LogP contribution in [0.1, 0.15) is 26.3 Å². The molecule has 0 amide bonds. The lowest BCUT2D eigenvalue weighted by Crippen LogP contribution is -2.27. The number of aromatic carboxylic acids is 1. The van der Waals surface area contributed by atoms with Gasteiger partial charge in [-0.1, -0.05) is 41.6 Å². The van der Waals surface area contributed by atoms with Crippen molar-refractivity contribution in [3.8, 4) is 0 Å². The van der Waals surface area contributed by atoms with Crippen LogP contribution in [-0.2, 0) is 0 Å². The van der Waals surface area contributed by atoms with Crippen LogP contribution in [-0.4, -0.2) is 29.4 Å². The molecule has 0 aliphatic carbocycles. The van der Waals surface area contributed by atoms with Gasteiger partial charge in [0.15, 0.2) is 11.8 Å². The molecule has 0 saturated heterocycles. The maximum atomic E-state index is 12.4. The predicted octanol–water partition coefficient (Wildman–Crippen LogP) is 3.13. The quantitative estimate of drug-likeness (QED) is 0.880. The summed E-state index contributed by atoms with van der Waals surface area (Å²) in [7, 11) is 0. The Morgan fingerprint density at radius 2 is 1.87 bits per heavy atom. The van der Waals surface area contributed by atoms with Crippen LogP contribution in [0.2, 0.25) is 0 Å². The van der Waals surface area contributed by atoms with Crippen LogP contribution in [0.4, 0.5) is 5.69 Å². The van der Waals surface area contributed by atoms with Crippen LogP contribution in [0, 0.1) is 6.92 Å². The van der Waals surface area contributed by atoms with Gasteiger partial charge in [0.2, 0.25) is 0 Å². The normalized spacial score (nSPS) is 16.6. The molecule has 1 aliphatic heterocycles. The minimum absolute atomic E-state index is 0.0936. The Hall–Kier alpha value is -3.02. The fourth-order valence-electron chi connectivity index (χ4n) is 2.46. The summed E-state index contributed by atoms with van der Waals surface area (Å²) in [5.74, 6) is -1.09. The third-order valence-corrected chi connectivity index (χ3v) is 3.74. The zero-order valence-electron chi connectivity index (χ0n) is 12.5. The number of hydrogen-bond donors (Lipinski definition) is 1. The number of ketones is 1. The highest BCUT2D eigenvalue weighted by atomic mass is 16.4. The summed E-state index contributed by atoms with van der Waals surface area (Å²) in [4.78, 5) is 23.5. The number of nitrogens with zero attached hydrogens (tertiary/aromatic N) is 3. The van der Waals surface area contributed by atoms with E-state index in [0.29, 0.717) is 17.8 Å². The Kier molecular flexibility index (Phi) is 3.89. The molecule has 1 heterocycles. The van der Waals surface area contributed by atoms with E-state index < -0.39 is 12.0 Å². The first-order valence-electron chi connectivity index (χ1n) is 7.18. The first-order valence-corrected chi connectivity index (χ1v) is 7.18. The summed E-state index contributed by atoms with van der Waals surface area (Å²) in [6, 6.07) is 13.2. The van der Waals surface area contributed by atoms with Crippen molar-refractivity contribution in [1.29, 1.82) is 0 Å². The van der Waals surface area contributed by atoms with Crippen LogP contribution < -0.4 is 5.01 Å². The first-order chi connectivity index (χ1) is 11.1. The molecule has 23 heavy (non-hydrogen) atoms. The smallest absolute Gasteiger partial charge is 0.335 e. The van der Waals surface area contributed by atoms with E-state index in [4.69, 9.17) is 5.11 Å². The van der Waals surface area contributed by atoms with Crippen LogP contribution in [0.15, 0.2) is 58.9 Å². The van der Waals surface area contributed by atoms with E-state index >= 15 is 0 Å². The molecule has 0 radical (unpaired) electrons. The molecule has 1 aliphatic rings. The third kappa shape index (κ3) is 2.96. The summed E-state index contributed by atoms with van der Waals surface area (Å²) in [5, 5.41) is 18.8. The summed E-state index contributed by atoms with van der Waals surface area (Å²) < 4.78 is 0. The van der Waals surface area contributed by atoms with Gasteiger partial charge >= 0.3 is 5.97 Å². The van der Waals surface area contributed by atoms with Crippen molar-refractivity contribution in [3.63, 3.8) is 0 Å². The highest BCUT2D eigenvalue weighted by Gasteiger charge is 2.28. The Bertz CT molecular complexity index is 787. The molecular weight excluding hydrogens is 294 g/mol. The largest absolute Gasteiger partial charge is 0.478 e. The lowest BCUT2D eigenvalue weighted by molar-refractivity contribution is 0.0696. The highest BCUT2D eigenvalue weighted by Crippen LogP contribution is 2.26. The zero-order chi connectivity index (χ0) is 16.4. The number of benzene rings is 2. The number of carbonyl (C=O) groups is 2. The second kappa shape index (κ2) is 6.00. The molecule has 2 aromatic carbocycles. The molecule has 1 atom stereocenters. The van der Waals surface area contributed by atoms with Gasteiger partial charge in [0.05, 0.1) is 17.8 Å². The minimum atomic E-state index is -1.00. The lowest BCUT2D eigenvalue weighted by atomic mass is 10.0. The molecule has 0 saturated carbocycles. The Balaban J connectivity index is 1.81. The van der Waals surface area contributed by atoms with Crippen molar-refractivity contribution in [1.82, 2.24) is 0 Å². The van der Waals surface area contributed by atoms with E-state index in [0.717, 1.165) is 5.56 Å². The lowest BCUT2D eigenvalue weighted by Gasteiger charge is -2.16. The minimum Gasteiger partial charge on any atom is -0.478 e. The van der Waals surface area contributed by atoms with Crippen molar-refractivity contribution >= 4 is 17.4 Å². The van der Waals surface area contributed by atoms with Gasteiger partial charge in [0.1, 0.15) is 0 Å². The molecule has 0 spiro atoms. The summed E-state index contributed by atoms with van der Waals surface area (Å²) in [6.07, 6.45) is 0. The van der Waals surface area contributed by atoms with E-state index in [-0.39, 0.29) is 11.3 Å². The Labute approximate surface area is 133 Å².